The van der Waals surface area contributed by atoms with Gasteiger partial charge in [-0.15, -0.1) is 0 Å². The van der Waals surface area contributed by atoms with Gasteiger partial charge in [-0.05, 0) is 17.7 Å². The highest BCUT2D eigenvalue weighted by molar-refractivity contribution is 6.30. The predicted molar refractivity (Wildman–Crippen MR) is 70.3 cm³/mol. The summed E-state index contributed by atoms with van der Waals surface area (Å²) in [7, 11) is 2.36. The Kier molecular flexibility index (Phi) is 5.20. The van der Waals surface area contributed by atoms with E-state index >= 15 is 0 Å². The van der Waals surface area contributed by atoms with Crippen LogP contribution in [-0.2, 0) is 9.47 Å². The zero-order valence-corrected chi connectivity index (χ0v) is 11.2. The Morgan fingerprint density at radius 2 is 1.79 bits per heavy atom. The Bertz CT molecular complexity index is 487. The lowest BCUT2D eigenvalue weighted by Gasteiger charge is -2.22. The van der Waals surface area contributed by atoms with Crippen LogP contribution in [0.4, 0.5) is 9.59 Å². The van der Waals surface area contributed by atoms with Crippen molar-refractivity contribution in [1.82, 2.24) is 10.4 Å². The van der Waals surface area contributed by atoms with E-state index in [0.29, 0.717) is 10.6 Å². The van der Waals surface area contributed by atoms with Crippen molar-refractivity contribution >= 4 is 29.5 Å². The number of carbonyl (C=O) groups excluding carboxylic acids is 2. The molecule has 0 heterocycles. The molecule has 7 heteroatoms. The Balaban J connectivity index is 2.96. The summed E-state index contributed by atoms with van der Waals surface area (Å²) >= 11 is 5.77. The standard InChI is InChI=1S/C12H13ClN2O4/c1-8(9-4-6-10(13)7-5-9)15(12(17)19-3)14-11(16)18-2/h4-7H,1H2,2-3H3,(H,14,16). The number of amides is 2. The van der Waals surface area contributed by atoms with Crippen LogP contribution in [0.2, 0.25) is 5.02 Å². The summed E-state index contributed by atoms with van der Waals surface area (Å²) in [5.74, 6) is 0. The van der Waals surface area contributed by atoms with Gasteiger partial charge in [-0.3, -0.25) is 0 Å². The molecular formula is C12H13ClN2O4. The normalized spacial score (nSPS) is 9.42. The van der Waals surface area contributed by atoms with Crippen LogP contribution in [0, 0.1) is 0 Å². The molecule has 0 aromatic heterocycles. The molecule has 1 aromatic carbocycles. The fraction of sp³-hybridized carbons (Fsp3) is 0.167. The molecule has 0 saturated heterocycles. The van der Waals surface area contributed by atoms with Crippen LogP contribution in [0.1, 0.15) is 5.56 Å². The second-order valence-corrected chi connectivity index (χ2v) is 3.80. The summed E-state index contributed by atoms with van der Waals surface area (Å²) in [5, 5.41) is 1.39. The minimum Gasteiger partial charge on any atom is -0.452 e. The van der Waals surface area contributed by atoms with Crippen LogP contribution in [-0.4, -0.2) is 31.4 Å². The Hall–Kier alpha value is -2.21. The van der Waals surface area contributed by atoms with Crippen molar-refractivity contribution in [3.05, 3.63) is 41.4 Å². The highest BCUT2D eigenvalue weighted by Crippen LogP contribution is 2.19. The number of rotatable bonds is 2. The first-order valence-corrected chi connectivity index (χ1v) is 5.55. The maximum absolute atomic E-state index is 11.6. The maximum Gasteiger partial charge on any atom is 0.433 e. The van der Waals surface area contributed by atoms with Gasteiger partial charge in [-0.1, -0.05) is 30.3 Å². The number of benzene rings is 1. The molecule has 0 aliphatic rings. The Morgan fingerprint density at radius 1 is 1.21 bits per heavy atom. The van der Waals surface area contributed by atoms with Gasteiger partial charge >= 0.3 is 12.2 Å². The minimum absolute atomic E-state index is 0.217. The van der Waals surface area contributed by atoms with Crippen molar-refractivity contribution in [2.75, 3.05) is 14.2 Å². The number of carbonyl (C=O) groups is 2. The van der Waals surface area contributed by atoms with E-state index in [1.165, 1.54) is 14.2 Å². The van der Waals surface area contributed by atoms with Crippen LogP contribution in [0.15, 0.2) is 30.8 Å². The number of hydrazine groups is 1. The van der Waals surface area contributed by atoms with Gasteiger partial charge in [0, 0.05) is 5.02 Å². The monoisotopic (exact) mass is 284 g/mol. The molecule has 0 fully saturated rings. The molecule has 6 nitrogen and oxygen atoms in total. The summed E-state index contributed by atoms with van der Waals surface area (Å²) in [4.78, 5) is 22.8. The van der Waals surface area contributed by atoms with Crippen molar-refractivity contribution in [2.45, 2.75) is 0 Å². The van der Waals surface area contributed by atoms with Crippen molar-refractivity contribution in [3.8, 4) is 0 Å². The third-order valence-electron chi connectivity index (χ3n) is 2.19. The number of hydrogen-bond donors (Lipinski definition) is 1. The van der Waals surface area contributed by atoms with Gasteiger partial charge in [0.25, 0.3) is 0 Å². The fourth-order valence-corrected chi connectivity index (χ4v) is 1.35. The van der Waals surface area contributed by atoms with E-state index in [2.05, 4.69) is 21.5 Å². The van der Waals surface area contributed by atoms with Gasteiger partial charge in [0.15, 0.2) is 0 Å². The Morgan fingerprint density at radius 3 is 2.26 bits per heavy atom. The van der Waals surface area contributed by atoms with Crippen molar-refractivity contribution in [3.63, 3.8) is 0 Å². The van der Waals surface area contributed by atoms with Crippen molar-refractivity contribution in [2.24, 2.45) is 0 Å². The number of nitrogens with zero attached hydrogens (tertiary/aromatic N) is 1. The smallest absolute Gasteiger partial charge is 0.433 e. The van der Waals surface area contributed by atoms with E-state index in [0.717, 1.165) is 5.01 Å². The molecule has 0 aliphatic carbocycles. The number of nitrogens with one attached hydrogen (secondary N) is 1. The van der Waals surface area contributed by atoms with E-state index in [4.69, 9.17) is 11.6 Å². The molecule has 0 unspecified atom stereocenters. The van der Waals surface area contributed by atoms with E-state index in [-0.39, 0.29) is 5.70 Å². The van der Waals surface area contributed by atoms with Gasteiger partial charge in [0.05, 0.1) is 19.9 Å². The fourth-order valence-electron chi connectivity index (χ4n) is 1.22. The zero-order valence-electron chi connectivity index (χ0n) is 10.5. The molecule has 0 radical (unpaired) electrons. The second-order valence-electron chi connectivity index (χ2n) is 3.36. The molecule has 1 rings (SSSR count). The minimum atomic E-state index is -0.819. The van der Waals surface area contributed by atoms with Crippen LogP contribution < -0.4 is 5.43 Å². The lowest BCUT2D eigenvalue weighted by molar-refractivity contribution is 0.113. The first-order valence-electron chi connectivity index (χ1n) is 5.17. The van der Waals surface area contributed by atoms with E-state index in [9.17, 15) is 9.59 Å². The molecule has 0 saturated carbocycles. The van der Waals surface area contributed by atoms with Crippen LogP contribution in [0.5, 0.6) is 0 Å². The second kappa shape index (κ2) is 6.65. The average Bonchev–Trinajstić information content (AvgIpc) is 2.43. The summed E-state index contributed by atoms with van der Waals surface area (Å²) < 4.78 is 8.97. The maximum atomic E-state index is 11.6. The molecule has 0 spiro atoms. The van der Waals surface area contributed by atoms with Gasteiger partial charge in [-0.25, -0.2) is 15.0 Å². The summed E-state index contributed by atoms with van der Waals surface area (Å²) in [6, 6.07) is 6.57. The lowest BCUT2D eigenvalue weighted by atomic mass is 10.2. The SMILES string of the molecule is C=C(c1ccc(Cl)cc1)N(NC(=O)OC)C(=O)OC. The highest BCUT2D eigenvalue weighted by Gasteiger charge is 2.21. The van der Waals surface area contributed by atoms with Gasteiger partial charge in [0.2, 0.25) is 0 Å². The van der Waals surface area contributed by atoms with Crippen LogP contribution in [0.3, 0.4) is 0 Å². The highest BCUT2D eigenvalue weighted by atomic mass is 35.5. The van der Waals surface area contributed by atoms with Gasteiger partial charge in [-0.2, -0.15) is 5.01 Å². The summed E-state index contributed by atoms with van der Waals surface area (Å²) in [5.41, 5.74) is 3.00. The quantitative estimate of drug-likeness (QED) is 0.848. The van der Waals surface area contributed by atoms with Crippen molar-refractivity contribution in [1.29, 1.82) is 0 Å². The van der Waals surface area contributed by atoms with Gasteiger partial charge in [0.1, 0.15) is 0 Å². The molecule has 1 aromatic rings. The number of halogens is 1. The molecule has 19 heavy (non-hydrogen) atoms. The molecule has 0 bridgehead atoms. The molecule has 102 valence electrons. The molecule has 1 N–H and O–H groups in total. The van der Waals surface area contributed by atoms with Gasteiger partial charge < -0.3 is 9.47 Å². The first kappa shape index (κ1) is 14.8. The molecule has 0 aliphatic heterocycles. The number of hydrogen-bond acceptors (Lipinski definition) is 4. The summed E-state index contributed by atoms with van der Waals surface area (Å²) in [6.07, 6.45) is -1.62. The molecule has 2 amide bonds. The van der Waals surface area contributed by atoms with Crippen LogP contribution >= 0.6 is 11.6 Å². The van der Waals surface area contributed by atoms with E-state index < -0.39 is 12.2 Å². The third-order valence-corrected chi connectivity index (χ3v) is 2.45. The molecular weight excluding hydrogens is 272 g/mol. The van der Waals surface area contributed by atoms with Crippen LogP contribution in [0.25, 0.3) is 5.70 Å². The predicted octanol–water partition coefficient (Wildman–Crippen LogP) is 2.65. The zero-order chi connectivity index (χ0) is 14.4. The molecule has 0 atom stereocenters. The Labute approximate surface area is 115 Å². The van der Waals surface area contributed by atoms with E-state index in [1.807, 2.05) is 0 Å². The summed E-state index contributed by atoms with van der Waals surface area (Å²) in [6.45, 7) is 3.72. The van der Waals surface area contributed by atoms with Crippen molar-refractivity contribution < 1.29 is 19.1 Å². The number of ether oxygens (including phenoxy) is 2. The lowest BCUT2D eigenvalue weighted by Crippen LogP contribution is -2.44. The topological polar surface area (TPSA) is 67.9 Å². The third kappa shape index (κ3) is 3.89. The largest absolute Gasteiger partial charge is 0.452 e. The number of methoxy groups -OCH3 is 2. The van der Waals surface area contributed by atoms with E-state index in [1.54, 1.807) is 24.3 Å². The first-order chi connectivity index (χ1) is 8.99. The average molecular weight is 285 g/mol.